The molecule has 0 aliphatic heterocycles. The van der Waals surface area contributed by atoms with Gasteiger partial charge in [0.15, 0.2) is 5.75 Å². The topological polar surface area (TPSA) is 25.4 Å². The van der Waals surface area contributed by atoms with E-state index >= 15 is 0 Å². The smallest absolute Gasteiger partial charge is 0.162 e. The van der Waals surface area contributed by atoms with E-state index in [4.69, 9.17) is 4.74 Å². The molecule has 0 aliphatic carbocycles. The molecule has 370 valence electrons. The van der Waals surface area contributed by atoms with Crippen molar-refractivity contribution < 1.29 is 4.74 Å². The predicted octanol–water partition coefficient (Wildman–Crippen LogP) is 20.9. The van der Waals surface area contributed by atoms with Crippen LogP contribution < -0.4 is 29.2 Å². The molecule has 1 aromatic heterocycles. The minimum Gasteiger partial charge on any atom is -0.454 e. The lowest BCUT2D eigenvalue weighted by Gasteiger charge is -2.33. The van der Waals surface area contributed by atoms with Crippen molar-refractivity contribution in [1.82, 2.24) is 0 Å². The highest BCUT2D eigenvalue weighted by molar-refractivity contribution is 7.08. The van der Waals surface area contributed by atoms with Gasteiger partial charge < -0.3 is 29.2 Å². The Bertz CT molecular complexity index is 3420. The van der Waals surface area contributed by atoms with Gasteiger partial charge in [-0.3, -0.25) is 0 Å². The van der Waals surface area contributed by atoms with Crippen LogP contribution in [0.15, 0.2) is 320 Å². The molecule has 0 saturated heterocycles. The van der Waals surface area contributed by atoms with E-state index in [0.29, 0.717) is 11.5 Å². The number of hydrogen-bond acceptors (Lipinski definition) is 7. The molecule has 7 heteroatoms. The summed E-state index contributed by atoms with van der Waals surface area (Å²) in [4.78, 5) is 11.6. The summed E-state index contributed by atoms with van der Waals surface area (Å²) in [5.74, 6) is 1.38. The Kier molecular flexibility index (Phi) is 14.0. The van der Waals surface area contributed by atoms with Crippen LogP contribution in [0.3, 0.4) is 0 Å². The molecule has 0 radical (unpaired) electrons. The molecule has 1 heterocycles. The van der Waals surface area contributed by atoms with E-state index in [0.717, 1.165) is 85.3 Å². The van der Waals surface area contributed by atoms with Crippen LogP contribution in [0.2, 0.25) is 0 Å². The lowest BCUT2D eigenvalue weighted by Crippen LogP contribution is -2.16. The van der Waals surface area contributed by atoms with Gasteiger partial charge >= 0.3 is 0 Å². The van der Waals surface area contributed by atoms with Gasteiger partial charge in [0.05, 0.1) is 34.1 Å². The number of thiophene rings is 1. The average molecular weight is 1010 g/mol. The van der Waals surface area contributed by atoms with Crippen LogP contribution in [0.1, 0.15) is 0 Å². The maximum absolute atomic E-state index is 7.43. The number of anilines is 15. The fraction of sp³-hybridized carbons (Fsp3) is 0. The molecule has 0 N–H and O–H groups in total. The summed E-state index contributed by atoms with van der Waals surface area (Å²) in [6, 6.07) is 109. The van der Waals surface area contributed by atoms with Gasteiger partial charge in [0, 0.05) is 74.1 Å². The SMILES string of the molecule is c1ccc(N(c2ccccc2)c2cc(Oc3cscc3N(c3ccccc3)c3cc(N(c4ccccc4)c4ccccc4)cc(N(c4ccccc4)c4ccccc4)c3)cc(N(c3ccccc3)c3ccccc3)c2)cc1. The molecule has 0 aliphatic rings. The van der Waals surface area contributed by atoms with Gasteiger partial charge in [0.1, 0.15) is 5.75 Å². The van der Waals surface area contributed by atoms with Crippen molar-refractivity contribution >= 4 is 96.6 Å². The number of benzene rings is 11. The second-order valence-corrected chi connectivity index (χ2v) is 19.1. The summed E-state index contributed by atoms with van der Waals surface area (Å²) in [6.07, 6.45) is 0. The lowest BCUT2D eigenvalue weighted by molar-refractivity contribution is 0.486. The Balaban J connectivity index is 1.07. The van der Waals surface area contributed by atoms with Gasteiger partial charge in [-0.05, 0) is 133 Å². The number of hydrogen-bond donors (Lipinski definition) is 0. The van der Waals surface area contributed by atoms with E-state index < -0.39 is 0 Å². The molecule has 12 aromatic rings. The van der Waals surface area contributed by atoms with E-state index in [1.165, 1.54) is 0 Å². The first-order valence-electron chi connectivity index (χ1n) is 25.7. The van der Waals surface area contributed by atoms with Crippen LogP contribution in [-0.4, -0.2) is 0 Å². The third kappa shape index (κ3) is 10.5. The number of para-hydroxylation sites is 9. The van der Waals surface area contributed by atoms with Crippen molar-refractivity contribution in [3.63, 3.8) is 0 Å². The molecule has 6 nitrogen and oxygen atoms in total. The van der Waals surface area contributed by atoms with Gasteiger partial charge in [0.25, 0.3) is 0 Å². The summed E-state index contributed by atoms with van der Waals surface area (Å²) in [6.45, 7) is 0. The molecular weight excluding hydrogens is 959 g/mol. The molecular formula is C70H53N5OS. The third-order valence-corrected chi connectivity index (χ3v) is 14.0. The van der Waals surface area contributed by atoms with Crippen molar-refractivity contribution in [2.75, 3.05) is 24.5 Å². The Morgan fingerprint density at radius 2 is 0.416 bits per heavy atom. The standard InChI is InChI=1S/C70H53N5OS/c1-10-28-54(29-11-1)71(55-30-12-2-13-31-55)63-46-64(72(56-32-14-3-15-33-56)57-34-16-4-17-35-57)48-65(47-63)75(62-44-26-9-27-45-62)69-52-77-53-70(69)76-68-50-66(73(58-36-18-5-19-37-58)59-38-20-6-21-39-59)49-67(51-68)74(60-40-22-7-23-41-60)61-42-24-8-25-43-61/h1-53H. The lowest BCUT2D eigenvalue weighted by atomic mass is 10.1. The second-order valence-electron chi connectivity index (χ2n) is 18.3. The summed E-state index contributed by atoms with van der Waals surface area (Å²) in [7, 11) is 0. The molecule has 0 atom stereocenters. The Hall–Kier alpha value is -10.1. The van der Waals surface area contributed by atoms with Crippen LogP contribution in [0.25, 0.3) is 0 Å². The first-order valence-corrected chi connectivity index (χ1v) is 26.7. The molecule has 77 heavy (non-hydrogen) atoms. The van der Waals surface area contributed by atoms with Gasteiger partial charge in [-0.25, -0.2) is 0 Å². The average Bonchev–Trinajstić information content (AvgIpc) is 3.96. The van der Waals surface area contributed by atoms with Crippen molar-refractivity contribution in [3.8, 4) is 11.5 Å². The van der Waals surface area contributed by atoms with Crippen LogP contribution in [0.4, 0.5) is 85.3 Å². The Morgan fingerprint density at radius 3 is 0.662 bits per heavy atom. The van der Waals surface area contributed by atoms with Crippen LogP contribution in [0, 0.1) is 0 Å². The molecule has 0 fully saturated rings. The maximum atomic E-state index is 7.43. The van der Waals surface area contributed by atoms with Gasteiger partial charge in [0.2, 0.25) is 0 Å². The van der Waals surface area contributed by atoms with E-state index in [-0.39, 0.29) is 0 Å². The predicted molar refractivity (Wildman–Crippen MR) is 324 cm³/mol. The largest absolute Gasteiger partial charge is 0.454 e. The Labute approximate surface area is 455 Å². The highest BCUT2D eigenvalue weighted by Crippen LogP contribution is 2.50. The zero-order chi connectivity index (χ0) is 51.6. The molecule has 11 aromatic carbocycles. The fourth-order valence-corrected chi connectivity index (χ4v) is 10.6. The van der Waals surface area contributed by atoms with Crippen molar-refractivity contribution in [3.05, 3.63) is 320 Å². The van der Waals surface area contributed by atoms with E-state index in [2.05, 4.69) is 345 Å². The molecule has 0 bridgehead atoms. The third-order valence-electron chi connectivity index (χ3n) is 13.3. The number of ether oxygens (including phenoxy) is 1. The molecule has 0 spiro atoms. The van der Waals surface area contributed by atoms with E-state index in [1.807, 2.05) is 0 Å². The zero-order valence-corrected chi connectivity index (χ0v) is 43.0. The number of rotatable bonds is 17. The van der Waals surface area contributed by atoms with Crippen LogP contribution >= 0.6 is 11.3 Å². The summed E-state index contributed by atoms with van der Waals surface area (Å²) >= 11 is 1.61. The molecule has 0 saturated carbocycles. The minimum absolute atomic E-state index is 0.673. The quantitative estimate of drug-likeness (QED) is 0.0902. The van der Waals surface area contributed by atoms with Crippen LogP contribution in [-0.2, 0) is 0 Å². The van der Waals surface area contributed by atoms with Gasteiger partial charge in [-0.2, -0.15) is 0 Å². The zero-order valence-electron chi connectivity index (χ0n) is 42.2. The first kappa shape index (κ1) is 47.9. The maximum Gasteiger partial charge on any atom is 0.162 e. The highest BCUT2D eigenvalue weighted by atomic mass is 32.1. The Morgan fingerprint density at radius 1 is 0.208 bits per heavy atom. The highest BCUT2D eigenvalue weighted by Gasteiger charge is 2.26. The number of nitrogens with zero attached hydrogens (tertiary/aromatic N) is 5. The molecule has 0 unspecified atom stereocenters. The van der Waals surface area contributed by atoms with E-state index in [9.17, 15) is 0 Å². The summed E-state index contributed by atoms with van der Waals surface area (Å²) in [5, 5.41) is 4.30. The molecule has 0 amide bonds. The summed E-state index contributed by atoms with van der Waals surface area (Å²) in [5.41, 5.74) is 14.9. The fourth-order valence-electron chi connectivity index (χ4n) is 9.91. The van der Waals surface area contributed by atoms with E-state index in [1.54, 1.807) is 11.3 Å². The normalized spacial score (nSPS) is 10.9. The van der Waals surface area contributed by atoms with Crippen molar-refractivity contribution in [2.45, 2.75) is 0 Å². The second kappa shape index (κ2) is 22.6. The first-order chi connectivity index (χ1) is 38.2. The van der Waals surface area contributed by atoms with Crippen molar-refractivity contribution in [2.24, 2.45) is 0 Å². The monoisotopic (exact) mass is 1010 g/mol. The molecule has 12 rings (SSSR count). The van der Waals surface area contributed by atoms with Crippen molar-refractivity contribution in [1.29, 1.82) is 0 Å². The van der Waals surface area contributed by atoms with Gasteiger partial charge in [-0.15, -0.1) is 11.3 Å². The summed E-state index contributed by atoms with van der Waals surface area (Å²) < 4.78 is 7.43. The minimum atomic E-state index is 0.673. The van der Waals surface area contributed by atoms with Crippen LogP contribution in [0.5, 0.6) is 11.5 Å². The van der Waals surface area contributed by atoms with Gasteiger partial charge in [-0.1, -0.05) is 164 Å².